The molecular weight excluding hydrogens is 352 g/mol. The van der Waals surface area contributed by atoms with Crippen molar-refractivity contribution in [2.75, 3.05) is 11.9 Å². The van der Waals surface area contributed by atoms with Crippen LogP contribution in [0.3, 0.4) is 0 Å². The number of hydrogen-bond acceptors (Lipinski definition) is 5. The fraction of sp³-hybridized carbons (Fsp3) is 0.333. The molecule has 1 N–H and O–H groups in total. The average Bonchev–Trinajstić information content (AvgIpc) is 3.23. The van der Waals surface area contributed by atoms with Gasteiger partial charge in [0.05, 0.1) is 0 Å². The van der Waals surface area contributed by atoms with Crippen molar-refractivity contribution < 1.29 is 14.4 Å². The quantitative estimate of drug-likeness (QED) is 0.819. The molecule has 0 unspecified atom stereocenters. The number of nitrogens with one attached hydrogen (secondary N) is 1. The Bertz CT molecular complexity index is 809. The number of thiazole rings is 1. The van der Waals surface area contributed by atoms with E-state index in [1.54, 1.807) is 16.5 Å². The predicted octanol–water partition coefficient (Wildman–Crippen LogP) is 2.25. The maximum atomic E-state index is 12.6. The van der Waals surface area contributed by atoms with E-state index in [9.17, 15) is 14.4 Å². The largest absolute Gasteiger partial charge is 0.327 e. The van der Waals surface area contributed by atoms with Gasteiger partial charge >= 0.3 is 6.03 Å². The third-order valence-electron chi connectivity index (χ3n) is 4.74. The fourth-order valence-corrected chi connectivity index (χ4v) is 3.99. The summed E-state index contributed by atoms with van der Waals surface area (Å²) in [5.74, 6) is -0.325. The van der Waals surface area contributed by atoms with Crippen molar-refractivity contribution in [2.45, 2.75) is 31.8 Å². The summed E-state index contributed by atoms with van der Waals surface area (Å²) in [6, 6.07) is 7.23. The maximum absolute atomic E-state index is 12.6. The zero-order chi connectivity index (χ0) is 18.1. The summed E-state index contributed by atoms with van der Waals surface area (Å²) in [6.07, 6.45) is 2.85. The van der Waals surface area contributed by atoms with E-state index in [1.807, 2.05) is 24.3 Å². The number of aromatic nitrogens is 1. The van der Waals surface area contributed by atoms with Gasteiger partial charge in [0.25, 0.3) is 5.91 Å². The van der Waals surface area contributed by atoms with Crippen LogP contribution >= 0.6 is 11.3 Å². The predicted molar refractivity (Wildman–Crippen MR) is 96.6 cm³/mol. The Kier molecular flexibility index (Phi) is 4.42. The first-order chi connectivity index (χ1) is 12.6. The number of carbonyl (C=O) groups is 3. The molecule has 1 fully saturated rings. The third-order valence-corrected chi connectivity index (χ3v) is 5.43. The molecule has 0 saturated carbocycles. The first-order valence-electron chi connectivity index (χ1n) is 8.51. The van der Waals surface area contributed by atoms with Crippen LogP contribution in [0.15, 0.2) is 35.8 Å². The van der Waals surface area contributed by atoms with Crippen LogP contribution in [0.5, 0.6) is 0 Å². The molecule has 1 aromatic carbocycles. The molecule has 8 heteroatoms. The molecule has 2 aromatic rings. The molecule has 2 aliphatic heterocycles. The Balaban J connectivity index is 1.35. The van der Waals surface area contributed by atoms with Gasteiger partial charge in [-0.05, 0) is 17.5 Å². The van der Waals surface area contributed by atoms with E-state index >= 15 is 0 Å². The zero-order valence-electron chi connectivity index (χ0n) is 14.1. The molecule has 0 spiro atoms. The van der Waals surface area contributed by atoms with E-state index in [0.29, 0.717) is 24.5 Å². The summed E-state index contributed by atoms with van der Waals surface area (Å²) in [4.78, 5) is 44.1. The fourth-order valence-electron chi connectivity index (χ4n) is 3.44. The molecule has 0 bridgehead atoms. The molecule has 0 aliphatic carbocycles. The number of anilines is 1. The molecule has 26 heavy (non-hydrogen) atoms. The number of rotatable bonds is 5. The molecule has 4 amide bonds. The smallest absolute Gasteiger partial charge is 0.308 e. The molecule has 1 atom stereocenters. The monoisotopic (exact) mass is 370 g/mol. The van der Waals surface area contributed by atoms with Crippen molar-refractivity contribution in [1.29, 1.82) is 0 Å². The lowest BCUT2D eigenvalue weighted by molar-refractivity contribution is -0.128. The molecule has 3 heterocycles. The van der Waals surface area contributed by atoms with E-state index in [4.69, 9.17) is 0 Å². The van der Waals surface area contributed by atoms with Crippen LogP contribution in [-0.4, -0.2) is 45.2 Å². The molecule has 1 aromatic heterocycles. The molecular formula is C18H18N4O3S. The zero-order valence-corrected chi connectivity index (χ0v) is 14.9. The first-order valence-corrected chi connectivity index (χ1v) is 9.39. The number of benzene rings is 1. The number of amides is 4. The van der Waals surface area contributed by atoms with Crippen molar-refractivity contribution >= 4 is 34.3 Å². The van der Waals surface area contributed by atoms with Crippen LogP contribution in [0, 0.1) is 0 Å². The molecule has 2 aliphatic rings. The Hall–Kier alpha value is -2.74. The maximum Gasteiger partial charge on any atom is 0.327 e. The number of imide groups is 1. The van der Waals surface area contributed by atoms with Crippen molar-refractivity contribution in [3.8, 4) is 0 Å². The molecule has 0 radical (unpaired) electrons. The van der Waals surface area contributed by atoms with E-state index in [0.717, 1.165) is 11.1 Å². The molecule has 4 rings (SSSR count). The van der Waals surface area contributed by atoms with Crippen LogP contribution in [0.4, 0.5) is 9.93 Å². The van der Waals surface area contributed by atoms with E-state index in [2.05, 4.69) is 10.3 Å². The van der Waals surface area contributed by atoms with Gasteiger partial charge in [-0.3, -0.25) is 14.5 Å². The Morgan fingerprint density at radius 2 is 2.08 bits per heavy atom. The number of nitrogens with zero attached hydrogens (tertiary/aromatic N) is 3. The van der Waals surface area contributed by atoms with E-state index in [-0.39, 0.29) is 30.8 Å². The summed E-state index contributed by atoms with van der Waals surface area (Å²) in [7, 11) is 0. The Labute approximate surface area is 154 Å². The lowest BCUT2D eigenvalue weighted by Gasteiger charge is -2.28. The number of carbonyl (C=O) groups excluding carboxylic acids is 3. The van der Waals surface area contributed by atoms with Crippen molar-refractivity contribution in [1.82, 2.24) is 14.8 Å². The highest BCUT2D eigenvalue weighted by Crippen LogP contribution is 2.30. The van der Waals surface area contributed by atoms with Gasteiger partial charge in [-0.15, -0.1) is 11.3 Å². The van der Waals surface area contributed by atoms with Gasteiger partial charge in [0, 0.05) is 37.5 Å². The van der Waals surface area contributed by atoms with Gasteiger partial charge in [0.1, 0.15) is 6.04 Å². The minimum Gasteiger partial charge on any atom is -0.308 e. The average molecular weight is 370 g/mol. The lowest BCUT2D eigenvalue weighted by atomic mass is 9.95. The van der Waals surface area contributed by atoms with Crippen molar-refractivity contribution in [2.24, 2.45) is 0 Å². The minimum absolute atomic E-state index is 0.162. The van der Waals surface area contributed by atoms with Crippen LogP contribution in [-0.2, 0) is 22.6 Å². The van der Waals surface area contributed by atoms with Crippen LogP contribution in [0.1, 0.15) is 24.0 Å². The third kappa shape index (κ3) is 3.08. The second kappa shape index (κ2) is 6.87. The van der Waals surface area contributed by atoms with Gasteiger partial charge in [-0.25, -0.2) is 9.78 Å². The van der Waals surface area contributed by atoms with E-state index in [1.165, 1.54) is 16.2 Å². The summed E-state index contributed by atoms with van der Waals surface area (Å²) in [5.41, 5.74) is 2.22. The minimum atomic E-state index is -0.415. The van der Waals surface area contributed by atoms with Gasteiger partial charge in [0.2, 0.25) is 5.91 Å². The van der Waals surface area contributed by atoms with Crippen LogP contribution < -0.4 is 5.32 Å². The topological polar surface area (TPSA) is 82.6 Å². The van der Waals surface area contributed by atoms with Crippen molar-refractivity contribution in [3.05, 3.63) is 47.0 Å². The summed E-state index contributed by atoms with van der Waals surface area (Å²) in [5, 5.41) is 5.04. The molecule has 134 valence electrons. The van der Waals surface area contributed by atoms with Crippen LogP contribution in [0.25, 0.3) is 0 Å². The first kappa shape index (κ1) is 16.7. The van der Waals surface area contributed by atoms with Crippen molar-refractivity contribution in [3.63, 3.8) is 0 Å². The molecule has 1 saturated heterocycles. The lowest BCUT2D eigenvalue weighted by Crippen LogP contribution is -2.39. The number of fused-ring (bicyclic) bond motifs is 2. The Morgan fingerprint density at radius 1 is 1.27 bits per heavy atom. The number of urea groups is 1. The van der Waals surface area contributed by atoms with Crippen LogP contribution in [0.2, 0.25) is 0 Å². The van der Waals surface area contributed by atoms with Gasteiger partial charge < -0.3 is 10.2 Å². The number of hydrogen-bond donors (Lipinski definition) is 1. The second-order valence-corrected chi connectivity index (χ2v) is 7.27. The second-order valence-electron chi connectivity index (χ2n) is 6.38. The molecule has 7 nitrogen and oxygen atoms in total. The summed E-state index contributed by atoms with van der Waals surface area (Å²) >= 11 is 1.35. The normalized spacial score (nSPS) is 18.7. The van der Waals surface area contributed by atoms with E-state index < -0.39 is 6.04 Å². The summed E-state index contributed by atoms with van der Waals surface area (Å²) in [6.45, 7) is 0.721. The SMILES string of the molecule is O=C(CCCN1C(=O)[C@H]2Cc3ccccc3CN2C1=O)Nc1nccs1. The van der Waals surface area contributed by atoms with Gasteiger partial charge in [-0.1, -0.05) is 24.3 Å². The summed E-state index contributed by atoms with van der Waals surface area (Å²) < 4.78 is 0. The van der Waals surface area contributed by atoms with Gasteiger partial charge in [0.15, 0.2) is 5.13 Å². The van der Waals surface area contributed by atoms with Gasteiger partial charge in [-0.2, -0.15) is 0 Å². The highest BCUT2D eigenvalue weighted by Gasteiger charge is 2.46. The highest BCUT2D eigenvalue weighted by atomic mass is 32.1. The standard InChI is InChI=1S/C18H18N4O3S/c23-15(20-17-19-7-9-26-17)6-3-8-21-16(24)14-10-12-4-1-2-5-13(12)11-22(14)18(21)25/h1-2,4-5,7,9,14H,3,6,8,10-11H2,(H,19,20,23)/t14-/m1/s1. The highest BCUT2D eigenvalue weighted by molar-refractivity contribution is 7.13. The Morgan fingerprint density at radius 3 is 2.85 bits per heavy atom.